The molecule has 1 amide bonds. The summed E-state index contributed by atoms with van der Waals surface area (Å²) in [6, 6.07) is 15.7. The quantitative estimate of drug-likeness (QED) is 0.329. The maximum atomic E-state index is 13.7. The number of hydrogen-bond acceptors (Lipinski definition) is 8. The fourth-order valence-corrected chi connectivity index (χ4v) is 4.86. The number of carbonyl (C=O) groups is 1. The molecule has 0 radical (unpaired) electrons. The lowest BCUT2D eigenvalue weighted by molar-refractivity contribution is -0.387. The first-order valence-electron chi connectivity index (χ1n) is 10.1. The third kappa shape index (κ3) is 5.61. The van der Waals surface area contributed by atoms with Crippen LogP contribution in [0.1, 0.15) is 0 Å². The highest BCUT2D eigenvalue weighted by Gasteiger charge is 2.34. The van der Waals surface area contributed by atoms with Gasteiger partial charge in [-0.3, -0.25) is 19.2 Å². The maximum Gasteiger partial charge on any atom is 0.289 e. The first-order chi connectivity index (χ1) is 16.7. The summed E-state index contributed by atoms with van der Waals surface area (Å²) in [6.45, 7) is -0.700. The molecule has 0 unspecified atom stereocenters. The van der Waals surface area contributed by atoms with Crippen molar-refractivity contribution in [3.8, 4) is 17.2 Å². The number of nitro groups is 1. The normalized spacial score (nSPS) is 10.8. The van der Waals surface area contributed by atoms with Crippen molar-refractivity contribution in [3.05, 3.63) is 76.8 Å². The van der Waals surface area contributed by atoms with Gasteiger partial charge in [0, 0.05) is 23.9 Å². The molecule has 0 spiro atoms. The molecule has 11 nitrogen and oxygen atoms in total. The van der Waals surface area contributed by atoms with Crippen molar-refractivity contribution in [1.82, 2.24) is 0 Å². The molecule has 0 saturated heterocycles. The average molecular weight is 502 g/mol. The molecule has 0 bridgehead atoms. The molecule has 0 heterocycles. The van der Waals surface area contributed by atoms with Crippen molar-refractivity contribution in [3.63, 3.8) is 0 Å². The van der Waals surface area contributed by atoms with E-state index in [0.29, 0.717) is 17.2 Å². The number of nitro benzene ring substituents is 1. The van der Waals surface area contributed by atoms with Gasteiger partial charge in [-0.15, -0.1) is 0 Å². The van der Waals surface area contributed by atoms with E-state index in [1.54, 1.807) is 24.3 Å². The summed E-state index contributed by atoms with van der Waals surface area (Å²) in [5.41, 5.74) is -0.260. The van der Waals surface area contributed by atoms with Gasteiger partial charge in [-0.2, -0.15) is 0 Å². The Morgan fingerprint density at radius 2 is 1.63 bits per heavy atom. The van der Waals surface area contributed by atoms with Crippen LogP contribution in [0.25, 0.3) is 0 Å². The summed E-state index contributed by atoms with van der Waals surface area (Å²) in [7, 11) is -0.374. The van der Waals surface area contributed by atoms with Gasteiger partial charge in [0.1, 0.15) is 23.8 Å². The highest BCUT2D eigenvalue weighted by atomic mass is 32.2. The van der Waals surface area contributed by atoms with Gasteiger partial charge in [0.2, 0.25) is 5.91 Å². The Morgan fingerprint density at radius 1 is 0.943 bits per heavy atom. The lowest BCUT2D eigenvalue weighted by Gasteiger charge is -2.25. The van der Waals surface area contributed by atoms with Crippen LogP contribution in [0.4, 0.5) is 17.1 Å². The summed E-state index contributed by atoms with van der Waals surface area (Å²) >= 11 is 0. The van der Waals surface area contributed by atoms with Gasteiger partial charge < -0.3 is 19.5 Å². The van der Waals surface area contributed by atoms with Gasteiger partial charge in [0.15, 0.2) is 4.90 Å². The van der Waals surface area contributed by atoms with E-state index in [-0.39, 0.29) is 11.4 Å². The van der Waals surface area contributed by atoms with Crippen molar-refractivity contribution < 1.29 is 32.3 Å². The number of sulfonamides is 1. The summed E-state index contributed by atoms with van der Waals surface area (Å²) in [4.78, 5) is 23.1. The van der Waals surface area contributed by atoms with Crippen molar-refractivity contribution in [2.45, 2.75) is 4.90 Å². The molecule has 0 atom stereocenters. The number of rotatable bonds is 10. The van der Waals surface area contributed by atoms with Crippen LogP contribution < -0.4 is 23.8 Å². The molecule has 35 heavy (non-hydrogen) atoms. The molecular formula is C23H23N3O8S. The number of carbonyl (C=O) groups excluding carboxylic acids is 1. The predicted octanol–water partition coefficient (Wildman–Crippen LogP) is 3.45. The molecule has 3 aromatic carbocycles. The monoisotopic (exact) mass is 501 g/mol. The van der Waals surface area contributed by atoms with E-state index in [1.165, 1.54) is 51.7 Å². The van der Waals surface area contributed by atoms with Crippen molar-refractivity contribution in [2.75, 3.05) is 37.5 Å². The SMILES string of the molecule is COc1cccc(NC(=O)CN(c2ccc(OC)cc2OC)S(=O)(=O)c2ccccc2[N+](=O)[O-])c1. The van der Waals surface area contributed by atoms with Gasteiger partial charge in [-0.1, -0.05) is 18.2 Å². The van der Waals surface area contributed by atoms with Crippen LogP contribution in [0.15, 0.2) is 71.6 Å². The molecule has 0 aliphatic carbocycles. The Labute approximate surface area is 202 Å². The first-order valence-corrected chi connectivity index (χ1v) is 11.6. The Morgan fingerprint density at radius 3 is 2.29 bits per heavy atom. The van der Waals surface area contributed by atoms with Crippen LogP contribution in [0.2, 0.25) is 0 Å². The maximum absolute atomic E-state index is 13.7. The molecule has 3 rings (SSSR count). The van der Waals surface area contributed by atoms with Crippen molar-refractivity contribution in [1.29, 1.82) is 0 Å². The zero-order valence-electron chi connectivity index (χ0n) is 19.1. The number of hydrogen-bond donors (Lipinski definition) is 1. The van der Waals surface area contributed by atoms with Gasteiger partial charge in [-0.25, -0.2) is 8.42 Å². The van der Waals surface area contributed by atoms with Gasteiger partial charge >= 0.3 is 0 Å². The van der Waals surface area contributed by atoms with Crippen LogP contribution in [0, 0.1) is 10.1 Å². The summed E-state index contributed by atoms with van der Waals surface area (Å²) < 4.78 is 43.8. The van der Waals surface area contributed by atoms with E-state index in [1.807, 2.05) is 0 Å². The fraction of sp³-hybridized carbons (Fsp3) is 0.174. The first kappa shape index (κ1) is 25.3. The largest absolute Gasteiger partial charge is 0.497 e. The molecule has 0 fully saturated rings. The van der Waals surface area contributed by atoms with Crippen LogP contribution in [0.3, 0.4) is 0 Å². The number of amides is 1. The second-order valence-electron chi connectivity index (χ2n) is 7.05. The third-order valence-electron chi connectivity index (χ3n) is 4.93. The highest BCUT2D eigenvalue weighted by Crippen LogP contribution is 2.37. The minimum absolute atomic E-state index is 0.00718. The standard InChI is InChI=1S/C23H23N3O8S/c1-32-17-8-6-7-16(13-17)24-23(27)15-25(19-12-11-18(33-2)14-21(19)34-3)35(30,31)22-10-5-4-9-20(22)26(28)29/h4-14H,15H2,1-3H3,(H,24,27). The van der Waals surface area contributed by atoms with E-state index in [4.69, 9.17) is 14.2 Å². The molecule has 0 aromatic heterocycles. The smallest absolute Gasteiger partial charge is 0.289 e. The number of nitrogens with one attached hydrogen (secondary N) is 1. The molecule has 184 valence electrons. The average Bonchev–Trinajstić information content (AvgIpc) is 2.86. The number of para-hydroxylation sites is 1. The second kappa shape index (κ2) is 10.7. The minimum atomic E-state index is -4.60. The number of nitrogens with zero attached hydrogens (tertiary/aromatic N) is 2. The summed E-state index contributed by atoms with van der Waals surface area (Å²) in [6.07, 6.45) is 0. The molecule has 0 aliphatic rings. The molecule has 12 heteroatoms. The molecule has 3 aromatic rings. The van der Waals surface area contributed by atoms with Crippen LogP contribution in [-0.4, -0.2) is 47.1 Å². The topological polar surface area (TPSA) is 137 Å². The van der Waals surface area contributed by atoms with E-state index < -0.39 is 38.0 Å². The second-order valence-corrected chi connectivity index (χ2v) is 8.89. The van der Waals surface area contributed by atoms with Crippen LogP contribution >= 0.6 is 0 Å². The number of anilines is 2. The molecule has 0 aliphatic heterocycles. The van der Waals surface area contributed by atoms with Gasteiger partial charge in [0.05, 0.1) is 31.9 Å². The summed E-state index contributed by atoms with van der Waals surface area (Å²) in [5.74, 6) is 0.262. The van der Waals surface area contributed by atoms with Crippen molar-refractivity contribution >= 4 is 33.0 Å². The van der Waals surface area contributed by atoms with E-state index in [9.17, 15) is 23.3 Å². The lowest BCUT2D eigenvalue weighted by Crippen LogP contribution is -2.38. The predicted molar refractivity (Wildman–Crippen MR) is 129 cm³/mol. The zero-order valence-corrected chi connectivity index (χ0v) is 19.9. The Balaban J connectivity index is 2.09. The number of methoxy groups -OCH3 is 3. The Kier molecular flexibility index (Phi) is 7.76. The third-order valence-corrected chi connectivity index (χ3v) is 6.73. The van der Waals surface area contributed by atoms with E-state index >= 15 is 0 Å². The lowest BCUT2D eigenvalue weighted by atomic mass is 10.2. The number of ether oxygens (including phenoxy) is 3. The Bertz CT molecular complexity index is 1340. The van der Waals surface area contributed by atoms with Gasteiger partial charge in [0.25, 0.3) is 15.7 Å². The van der Waals surface area contributed by atoms with E-state index in [0.717, 1.165) is 16.4 Å². The molecule has 1 N–H and O–H groups in total. The molecule has 0 saturated carbocycles. The fourth-order valence-electron chi connectivity index (χ4n) is 3.27. The zero-order chi connectivity index (χ0) is 25.6. The Hall–Kier alpha value is -4.32. The van der Waals surface area contributed by atoms with Crippen LogP contribution in [0.5, 0.6) is 17.2 Å². The van der Waals surface area contributed by atoms with Crippen LogP contribution in [-0.2, 0) is 14.8 Å². The van der Waals surface area contributed by atoms with E-state index in [2.05, 4.69) is 5.32 Å². The minimum Gasteiger partial charge on any atom is -0.497 e. The summed E-state index contributed by atoms with van der Waals surface area (Å²) in [5, 5.41) is 14.2. The number of benzene rings is 3. The van der Waals surface area contributed by atoms with Crippen molar-refractivity contribution in [2.24, 2.45) is 0 Å². The highest BCUT2D eigenvalue weighted by molar-refractivity contribution is 7.93. The van der Waals surface area contributed by atoms with Gasteiger partial charge in [-0.05, 0) is 30.3 Å². The molecular weight excluding hydrogens is 478 g/mol.